The first kappa shape index (κ1) is 17.7. The Balaban J connectivity index is 1.85. The van der Waals surface area contributed by atoms with Crippen LogP contribution in [0.25, 0.3) is 0 Å². The van der Waals surface area contributed by atoms with E-state index in [0.29, 0.717) is 17.1 Å². The maximum Gasteiger partial charge on any atom is 0.251 e. The fourth-order valence-electron chi connectivity index (χ4n) is 3.68. The molecule has 5 nitrogen and oxygen atoms in total. The smallest absolute Gasteiger partial charge is 0.251 e. The van der Waals surface area contributed by atoms with Gasteiger partial charge in [-0.3, -0.25) is 14.5 Å². The van der Waals surface area contributed by atoms with E-state index in [1.165, 1.54) is 11.0 Å². The summed E-state index contributed by atoms with van der Waals surface area (Å²) in [5.74, 6) is -0.489. The Bertz CT molecular complexity index is 651. The molecule has 0 bridgehead atoms. The van der Waals surface area contributed by atoms with Crippen LogP contribution in [0.3, 0.4) is 0 Å². The average molecular weight is 371 g/mol. The van der Waals surface area contributed by atoms with Gasteiger partial charge in [0.15, 0.2) is 0 Å². The molecule has 1 aromatic rings. The van der Waals surface area contributed by atoms with Crippen molar-refractivity contribution in [1.82, 2.24) is 4.90 Å². The van der Waals surface area contributed by atoms with E-state index in [9.17, 15) is 14.7 Å². The molecule has 2 fully saturated rings. The van der Waals surface area contributed by atoms with E-state index in [2.05, 4.69) is 4.90 Å². The molecule has 0 unspecified atom stereocenters. The SMILES string of the molecule is O=C1C[C@H](N2CCCC[C@@H]2CCO)C(=O)N1c1ccc(Cl)cc1Cl. The molecule has 2 atom stereocenters. The number of anilines is 1. The highest BCUT2D eigenvalue weighted by atomic mass is 35.5. The first-order chi connectivity index (χ1) is 11.5. The van der Waals surface area contributed by atoms with Crippen molar-refractivity contribution in [2.75, 3.05) is 18.1 Å². The summed E-state index contributed by atoms with van der Waals surface area (Å²) in [5.41, 5.74) is 0.384. The highest BCUT2D eigenvalue weighted by Crippen LogP contribution is 2.35. The molecule has 7 heteroatoms. The van der Waals surface area contributed by atoms with Gasteiger partial charge in [-0.2, -0.15) is 0 Å². The summed E-state index contributed by atoms with van der Waals surface area (Å²) in [4.78, 5) is 28.7. The number of hydrogen-bond donors (Lipinski definition) is 1. The second-order valence-electron chi connectivity index (χ2n) is 6.28. The van der Waals surface area contributed by atoms with E-state index in [1.54, 1.807) is 12.1 Å². The molecule has 0 saturated carbocycles. The molecule has 2 amide bonds. The molecule has 1 aromatic carbocycles. The number of aliphatic hydroxyl groups is 1. The molecule has 1 N–H and O–H groups in total. The van der Waals surface area contributed by atoms with Gasteiger partial charge in [0, 0.05) is 17.7 Å². The Morgan fingerprint density at radius 3 is 2.71 bits per heavy atom. The summed E-state index contributed by atoms with van der Waals surface area (Å²) < 4.78 is 0. The number of amides is 2. The summed E-state index contributed by atoms with van der Waals surface area (Å²) in [5, 5.41) is 10.0. The largest absolute Gasteiger partial charge is 0.396 e. The summed E-state index contributed by atoms with van der Waals surface area (Å²) in [7, 11) is 0. The van der Waals surface area contributed by atoms with Crippen LogP contribution in [0.2, 0.25) is 10.0 Å². The number of imide groups is 1. The van der Waals surface area contributed by atoms with Gasteiger partial charge in [0.25, 0.3) is 5.91 Å². The Hall–Kier alpha value is -1.14. The standard InChI is InChI=1S/C17H20Cl2N2O3/c18-11-4-5-14(13(19)9-11)21-16(23)10-15(17(21)24)20-7-2-1-3-12(20)6-8-22/h4-5,9,12,15,22H,1-3,6-8,10H2/t12-,15+/m1/s1. The molecule has 0 radical (unpaired) electrons. The molecular formula is C17H20Cl2N2O3. The number of carbonyl (C=O) groups excluding carboxylic acids is 2. The number of piperidine rings is 1. The Labute approximate surface area is 151 Å². The normalized spacial score (nSPS) is 25.5. The van der Waals surface area contributed by atoms with E-state index in [4.69, 9.17) is 23.2 Å². The number of benzene rings is 1. The molecule has 3 rings (SSSR count). The molecule has 0 spiro atoms. The van der Waals surface area contributed by atoms with Crippen molar-refractivity contribution in [2.45, 2.75) is 44.2 Å². The summed E-state index contributed by atoms with van der Waals surface area (Å²) >= 11 is 12.1. The van der Waals surface area contributed by atoms with Gasteiger partial charge in [0.05, 0.1) is 23.2 Å². The lowest BCUT2D eigenvalue weighted by atomic mass is 9.97. The number of carbonyl (C=O) groups is 2. The fourth-order valence-corrected chi connectivity index (χ4v) is 4.18. The topological polar surface area (TPSA) is 60.9 Å². The van der Waals surface area contributed by atoms with Gasteiger partial charge in [-0.05, 0) is 44.0 Å². The van der Waals surface area contributed by atoms with Crippen LogP contribution in [-0.2, 0) is 9.59 Å². The first-order valence-corrected chi connectivity index (χ1v) is 8.97. The highest BCUT2D eigenvalue weighted by Gasteiger charge is 2.45. The predicted octanol–water partition coefficient (Wildman–Crippen LogP) is 2.86. The van der Waals surface area contributed by atoms with Crippen LogP contribution < -0.4 is 4.90 Å². The van der Waals surface area contributed by atoms with Gasteiger partial charge < -0.3 is 5.11 Å². The monoisotopic (exact) mass is 370 g/mol. The van der Waals surface area contributed by atoms with Crippen LogP contribution in [0, 0.1) is 0 Å². The average Bonchev–Trinajstić information content (AvgIpc) is 2.84. The fraction of sp³-hybridized carbons (Fsp3) is 0.529. The molecule has 2 aliphatic rings. The third-order valence-electron chi connectivity index (χ3n) is 4.81. The highest BCUT2D eigenvalue weighted by molar-refractivity contribution is 6.38. The van der Waals surface area contributed by atoms with E-state index < -0.39 is 6.04 Å². The van der Waals surface area contributed by atoms with Gasteiger partial charge in [0.1, 0.15) is 0 Å². The lowest BCUT2D eigenvalue weighted by molar-refractivity contribution is -0.123. The predicted molar refractivity (Wildman–Crippen MR) is 93.4 cm³/mol. The molecule has 2 aliphatic heterocycles. The molecular weight excluding hydrogens is 351 g/mol. The minimum atomic E-state index is -0.471. The summed E-state index contributed by atoms with van der Waals surface area (Å²) in [6.45, 7) is 0.860. The lowest BCUT2D eigenvalue weighted by Crippen LogP contribution is -2.50. The van der Waals surface area contributed by atoms with E-state index in [0.717, 1.165) is 25.8 Å². The van der Waals surface area contributed by atoms with Crippen LogP contribution in [0.4, 0.5) is 5.69 Å². The Morgan fingerprint density at radius 2 is 2.00 bits per heavy atom. The quantitative estimate of drug-likeness (QED) is 0.827. The maximum absolute atomic E-state index is 12.9. The van der Waals surface area contributed by atoms with Crippen molar-refractivity contribution < 1.29 is 14.7 Å². The van der Waals surface area contributed by atoms with Gasteiger partial charge >= 0.3 is 0 Å². The number of aliphatic hydroxyl groups excluding tert-OH is 1. The van der Waals surface area contributed by atoms with Gasteiger partial charge in [0.2, 0.25) is 5.91 Å². The van der Waals surface area contributed by atoms with Gasteiger partial charge in [-0.1, -0.05) is 29.6 Å². The minimum absolute atomic E-state index is 0.0861. The number of nitrogens with zero attached hydrogens (tertiary/aromatic N) is 2. The van der Waals surface area contributed by atoms with E-state index >= 15 is 0 Å². The molecule has 2 saturated heterocycles. The number of hydrogen-bond acceptors (Lipinski definition) is 4. The van der Waals surface area contributed by atoms with E-state index in [-0.39, 0.29) is 35.9 Å². The van der Waals surface area contributed by atoms with Crippen LogP contribution in [0.5, 0.6) is 0 Å². The first-order valence-electron chi connectivity index (χ1n) is 8.21. The zero-order chi connectivity index (χ0) is 17.3. The molecule has 0 aromatic heterocycles. The maximum atomic E-state index is 12.9. The zero-order valence-corrected chi connectivity index (χ0v) is 14.8. The number of rotatable bonds is 4. The Kier molecular flexibility index (Phi) is 5.45. The van der Waals surface area contributed by atoms with Crippen molar-refractivity contribution in [3.05, 3.63) is 28.2 Å². The summed E-state index contributed by atoms with van der Waals surface area (Å²) in [6, 6.07) is 4.42. The van der Waals surface area contributed by atoms with Crippen LogP contribution >= 0.6 is 23.2 Å². The molecule has 0 aliphatic carbocycles. The van der Waals surface area contributed by atoms with E-state index in [1.807, 2.05) is 0 Å². The second kappa shape index (κ2) is 7.40. The molecule has 130 valence electrons. The van der Waals surface area contributed by atoms with Crippen molar-refractivity contribution >= 4 is 40.7 Å². The van der Waals surface area contributed by atoms with Crippen molar-refractivity contribution in [1.29, 1.82) is 0 Å². The number of halogens is 2. The summed E-state index contributed by atoms with van der Waals surface area (Å²) in [6.07, 6.45) is 3.81. The second-order valence-corrected chi connectivity index (χ2v) is 7.13. The zero-order valence-electron chi connectivity index (χ0n) is 13.3. The molecule has 2 heterocycles. The van der Waals surface area contributed by atoms with Gasteiger partial charge in [-0.25, -0.2) is 4.90 Å². The minimum Gasteiger partial charge on any atom is -0.396 e. The van der Waals surface area contributed by atoms with Crippen molar-refractivity contribution in [3.63, 3.8) is 0 Å². The van der Waals surface area contributed by atoms with Crippen molar-refractivity contribution in [3.8, 4) is 0 Å². The van der Waals surface area contributed by atoms with Gasteiger partial charge in [-0.15, -0.1) is 0 Å². The lowest BCUT2D eigenvalue weighted by Gasteiger charge is -2.38. The van der Waals surface area contributed by atoms with Crippen LogP contribution in [0.1, 0.15) is 32.1 Å². The van der Waals surface area contributed by atoms with Crippen LogP contribution in [-0.4, -0.2) is 47.1 Å². The molecule has 24 heavy (non-hydrogen) atoms. The van der Waals surface area contributed by atoms with Crippen molar-refractivity contribution in [2.24, 2.45) is 0 Å². The Morgan fingerprint density at radius 1 is 1.21 bits per heavy atom. The number of likely N-dealkylation sites (tertiary alicyclic amines) is 1. The van der Waals surface area contributed by atoms with Crippen LogP contribution in [0.15, 0.2) is 18.2 Å². The third kappa shape index (κ3) is 3.31. The third-order valence-corrected chi connectivity index (χ3v) is 5.35.